The minimum atomic E-state index is -0.327. The van der Waals surface area contributed by atoms with Crippen molar-refractivity contribution < 1.29 is 18.4 Å². The highest BCUT2D eigenvalue weighted by Gasteiger charge is 2.29. The number of hydrogen-bond donors (Lipinski definition) is 0. The maximum Gasteiger partial charge on any atom is 0.229 e. The van der Waals surface area contributed by atoms with Crippen LogP contribution in [0.4, 0.5) is 4.39 Å². The lowest BCUT2D eigenvalue weighted by atomic mass is 9.95. The van der Waals surface area contributed by atoms with Crippen LogP contribution >= 0.6 is 0 Å². The van der Waals surface area contributed by atoms with E-state index in [1.807, 2.05) is 0 Å². The van der Waals surface area contributed by atoms with Gasteiger partial charge in [-0.15, -0.1) is 0 Å². The molecule has 0 unspecified atom stereocenters. The molecule has 0 saturated carbocycles. The molecule has 144 valence electrons. The summed E-state index contributed by atoms with van der Waals surface area (Å²) in [5.74, 6) is 1.60. The van der Waals surface area contributed by atoms with Crippen molar-refractivity contribution in [2.24, 2.45) is 0 Å². The molecule has 0 bridgehead atoms. The molecule has 27 heavy (non-hydrogen) atoms. The number of ether oxygens (including phenoxy) is 1. The summed E-state index contributed by atoms with van der Waals surface area (Å²) in [5, 5.41) is 4.17. The Kier molecular flexibility index (Phi) is 5.48. The number of likely N-dealkylation sites (tertiary alicyclic amines) is 1. The van der Waals surface area contributed by atoms with Crippen molar-refractivity contribution in [3.8, 4) is 0 Å². The van der Waals surface area contributed by atoms with Crippen LogP contribution in [0.1, 0.15) is 54.8 Å². The molecular weight excluding hydrogens is 349 g/mol. The summed E-state index contributed by atoms with van der Waals surface area (Å²) >= 11 is 0. The Balaban J connectivity index is 1.31. The van der Waals surface area contributed by atoms with Crippen molar-refractivity contribution in [1.29, 1.82) is 0 Å². The lowest BCUT2D eigenvalue weighted by Crippen LogP contribution is -2.39. The summed E-state index contributed by atoms with van der Waals surface area (Å²) in [6.07, 6.45) is 3.55. The fourth-order valence-corrected chi connectivity index (χ4v) is 3.83. The molecule has 1 amide bonds. The van der Waals surface area contributed by atoms with Gasteiger partial charge in [0.15, 0.2) is 5.82 Å². The Hall–Kier alpha value is -2.28. The molecule has 2 fully saturated rings. The summed E-state index contributed by atoms with van der Waals surface area (Å²) in [5.41, 5.74) is 0.447. The van der Waals surface area contributed by atoms with E-state index in [9.17, 15) is 9.18 Å². The van der Waals surface area contributed by atoms with Gasteiger partial charge < -0.3 is 14.2 Å². The summed E-state index contributed by atoms with van der Waals surface area (Å²) in [6, 6.07) is 6.44. The molecule has 1 aromatic heterocycles. The molecule has 0 spiro atoms. The second-order valence-corrected chi connectivity index (χ2v) is 7.30. The lowest BCUT2D eigenvalue weighted by Gasteiger charge is -2.30. The predicted molar refractivity (Wildman–Crippen MR) is 95.8 cm³/mol. The second kappa shape index (κ2) is 8.17. The first-order valence-corrected chi connectivity index (χ1v) is 9.63. The number of hydrogen-bond acceptors (Lipinski definition) is 5. The van der Waals surface area contributed by atoms with Crippen molar-refractivity contribution in [3.05, 3.63) is 47.4 Å². The van der Waals surface area contributed by atoms with Gasteiger partial charge in [-0.25, -0.2) is 4.39 Å². The third-order valence-electron chi connectivity index (χ3n) is 5.54. The average molecular weight is 373 g/mol. The Morgan fingerprint density at radius 1 is 1.11 bits per heavy atom. The largest absolute Gasteiger partial charge is 0.381 e. The van der Waals surface area contributed by atoms with Crippen LogP contribution in [0.5, 0.6) is 0 Å². The number of amides is 1. The van der Waals surface area contributed by atoms with E-state index in [1.165, 1.54) is 6.07 Å². The van der Waals surface area contributed by atoms with Gasteiger partial charge >= 0.3 is 0 Å². The molecule has 4 rings (SSSR count). The van der Waals surface area contributed by atoms with E-state index >= 15 is 0 Å². The van der Waals surface area contributed by atoms with E-state index in [-0.39, 0.29) is 24.1 Å². The van der Waals surface area contributed by atoms with Crippen LogP contribution in [0.2, 0.25) is 0 Å². The lowest BCUT2D eigenvalue weighted by molar-refractivity contribution is -0.131. The minimum Gasteiger partial charge on any atom is -0.381 e. The maximum atomic E-state index is 13.8. The van der Waals surface area contributed by atoms with E-state index in [4.69, 9.17) is 9.26 Å². The third-order valence-corrected chi connectivity index (χ3v) is 5.54. The van der Waals surface area contributed by atoms with Gasteiger partial charge in [0.25, 0.3) is 0 Å². The number of carbonyl (C=O) groups excluding carboxylic acids is 1. The van der Waals surface area contributed by atoms with E-state index in [1.54, 1.807) is 23.1 Å². The molecule has 0 radical (unpaired) electrons. The van der Waals surface area contributed by atoms with E-state index in [0.29, 0.717) is 30.5 Å². The molecule has 0 atom stereocenters. The number of rotatable bonds is 4. The monoisotopic (exact) mass is 373 g/mol. The molecule has 7 heteroatoms. The Bertz CT molecular complexity index is 780. The van der Waals surface area contributed by atoms with Crippen molar-refractivity contribution in [1.82, 2.24) is 15.0 Å². The van der Waals surface area contributed by atoms with Gasteiger partial charge in [-0.05, 0) is 37.3 Å². The average Bonchev–Trinajstić information content (AvgIpc) is 3.21. The molecule has 2 saturated heterocycles. The summed E-state index contributed by atoms with van der Waals surface area (Å²) in [7, 11) is 0. The van der Waals surface area contributed by atoms with E-state index in [2.05, 4.69) is 10.1 Å². The van der Waals surface area contributed by atoms with Gasteiger partial charge in [0.05, 0.1) is 6.42 Å². The summed E-state index contributed by atoms with van der Waals surface area (Å²) in [6.45, 7) is 2.76. The molecule has 1 aromatic carbocycles. The van der Waals surface area contributed by atoms with Crippen molar-refractivity contribution in [2.75, 3.05) is 26.3 Å². The number of nitrogens with zero attached hydrogens (tertiary/aromatic N) is 3. The van der Waals surface area contributed by atoms with Crippen LogP contribution in [0.25, 0.3) is 0 Å². The zero-order valence-corrected chi connectivity index (χ0v) is 15.3. The second-order valence-electron chi connectivity index (χ2n) is 7.30. The Morgan fingerprint density at radius 2 is 1.85 bits per heavy atom. The third kappa shape index (κ3) is 4.18. The van der Waals surface area contributed by atoms with Gasteiger partial charge in [-0.1, -0.05) is 23.4 Å². The van der Waals surface area contributed by atoms with Gasteiger partial charge in [0.1, 0.15) is 5.82 Å². The number of piperidine rings is 1. The van der Waals surface area contributed by atoms with Gasteiger partial charge in [-0.2, -0.15) is 4.98 Å². The SMILES string of the molecule is O=C(Cc1ccccc1F)N1CCC(c2nc(C3CCOCC3)no2)CC1. The standard InChI is InChI=1S/C20H24FN3O3/c21-17-4-2-1-3-16(17)13-18(25)24-9-5-15(6-10-24)20-22-19(23-27-20)14-7-11-26-12-8-14/h1-4,14-15H,5-13H2. The van der Waals surface area contributed by atoms with Crippen LogP contribution < -0.4 is 0 Å². The topological polar surface area (TPSA) is 68.5 Å². The quantitative estimate of drug-likeness (QED) is 0.824. The van der Waals surface area contributed by atoms with Crippen LogP contribution in [0.3, 0.4) is 0 Å². The molecule has 0 aliphatic carbocycles. The number of carbonyl (C=O) groups is 1. The number of benzene rings is 1. The fraction of sp³-hybridized carbons (Fsp3) is 0.550. The van der Waals surface area contributed by atoms with Gasteiger partial charge in [0, 0.05) is 38.1 Å². The molecule has 3 heterocycles. The van der Waals surface area contributed by atoms with Crippen molar-refractivity contribution in [2.45, 2.75) is 43.9 Å². The molecule has 2 aromatic rings. The molecular formula is C20H24FN3O3. The summed E-state index contributed by atoms with van der Waals surface area (Å²) < 4.78 is 24.6. The van der Waals surface area contributed by atoms with Crippen LogP contribution in [-0.4, -0.2) is 47.3 Å². The van der Waals surface area contributed by atoms with Crippen molar-refractivity contribution >= 4 is 5.91 Å². The molecule has 2 aliphatic heterocycles. The first-order chi connectivity index (χ1) is 13.2. The fourth-order valence-electron chi connectivity index (χ4n) is 3.83. The Labute approximate surface area is 157 Å². The normalized spacial score (nSPS) is 19.4. The zero-order valence-electron chi connectivity index (χ0n) is 15.3. The smallest absolute Gasteiger partial charge is 0.229 e. The number of aromatic nitrogens is 2. The molecule has 6 nitrogen and oxygen atoms in total. The minimum absolute atomic E-state index is 0.0352. The first kappa shape index (κ1) is 18.1. The first-order valence-electron chi connectivity index (χ1n) is 9.63. The van der Waals surface area contributed by atoms with Crippen LogP contribution in [0.15, 0.2) is 28.8 Å². The predicted octanol–water partition coefficient (Wildman–Crippen LogP) is 3.05. The molecule has 2 aliphatic rings. The highest BCUT2D eigenvalue weighted by atomic mass is 19.1. The number of halogens is 1. The van der Waals surface area contributed by atoms with Crippen LogP contribution in [0, 0.1) is 5.82 Å². The van der Waals surface area contributed by atoms with E-state index in [0.717, 1.165) is 44.7 Å². The molecule has 0 N–H and O–H groups in total. The highest BCUT2D eigenvalue weighted by Crippen LogP contribution is 2.30. The zero-order chi connectivity index (χ0) is 18.6. The summed E-state index contributed by atoms with van der Waals surface area (Å²) in [4.78, 5) is 18.9. The van der Waals surface area contributed by atoms with Crippen molar-refractivity contribution in [3.63, 3.8) is 0 Å². The Morgan fingerprint density at radius 3 is 2.59 bits per heavy atom. The van der Waals surface area contributed by atoms with E-state index < -0.39 is 0 Å². The highest BCUT2D eigenvalue weighted by molar-refractivity contribution is 5.78. The van der Waals surface area contributed by atoms with Gasteiger partial charge in [-0.3, -0.25) is 4.79 Å². The van der Waals surface area contributed by atoms with Gasteiger partial charge in [0.2, 0.25) is 11.8 Å². The maximum absolute atomic E-state index is 13.8. The van der Waals surface area contributed by atoms with Crippen LogP contribution in [-0.2, 0) is 16.0 Å².